The summed E-state index contributed by atoms with van der Waals surface area (Å²) in [7, 11) is 1.54. The van der Waals surface area contributed by atoms with Crippen LogP contribution >= 0.6 is 0 Å². The van der Waals surface area contributed by atoms with Crippen molar-refractivity contribution in [2.75, 3.05) is 18.0 Å². The number of nitrogens with two attached hydrogens (primary N) is 1. The van der Waals surface area contributed by atoms with Crippen LogP contribution in [0.5, 0.6) is 0 Å². The van der Waals surface area contributed by atoms with E-state index in [1.807, 2.05) is 0 Å². The average Bonchev–Trinajstić information content (AvgIpc) is 2.72. The molecule has 2 rings (SSSR count). The van der Waals surface area contributed by atoms with Crippen LogP contribution in [0.4, 0.5) is 16.3 Å². The first kappa shape index (κ1) is 15.7. The highest BCUT2D eigenvalue weighted by atomic mass is 16.6. The van der Waals surface area contributed by atoms with Crippen LogP contribution in [0, 0.1) is 10.1 Å². The van der Waals surface area contributed by atoms with Gasteiger partial charge in [-0.25, -0.2) is 20.3 Å². The SMILES string of the molecule is Cn1ncc([N+](=O)[O-])c1N1CCC(N(N)C(=O)O)CC(=O)C1. The van der Waals surface area contributed by atoms with Crippen molar-refractivity contribution in [1.29, 1.82) is 0 Å². The van der Waals surface area contributed by atoms with Gasteiger partial charge in [-0.1, -0.05) is 0 Å². The average molecular weight is 312 g/mol. The molecular weight excluding hydrogens is 296 g/mol. The van der Waals surface area contributed by atoms with Gasteiger partial charge in [0.05, 0.1) is 17.5 Å². The van der Waals surface area contributed by atoms with Gasteiger partial charge < -0.3 is 10.0 Å². The minimum atomic E-state index is -1.32. The number of amides is 1. The maximum absolute atomic E-state index is 12.0. The van der Waals surface area contributed by atoms with E-state index in [0.29, 0.717) is 5.01 Å². The molecule has 0 spiro atoms. The Hall–Kier alpha value is -2.69. The third-order valence-electron chi connectivity index (χ3n) is 3.56. The van der Waals surface area contributed by atoms with Gasteiger partial charge >= 0.3 is 11.8 Å². The van der Waals surface area contributed by atoms with Gasteiger partial charge in [0.25, 0.3) is 0 Å². The number of aryl methyl sites for hydroxylation is 1. The molecule has 0 aliphatic carbocycles. The minimum absolute atomic E-state index is 0.0229. The zero-order chi connectivity index (χ0) is 16.4. The van der Waals surface area contributed by atoms with Crippen LogP contribution in [0.15, 0.2) is 6.20 Å². The molecule has 120 valence electrons. The topological polar surface area (TPSA) is 148 Å². The van der Waals surface area contributed by atoms with Crippen molar-refractivity contribution in [3.63, 3.8) is 0 Å². The molecule has 0 aromatic carbocycles. The van der Waals surface area contributed by atoms with E-state index in [-0.39, 0.29) is 43.2 Å². The molecule has 0 saturated carbocycles. The van der Waals surface area contributed by atoms with Crippen molar-refractivity contribution in [2.24, 2.45) is 12.9 Å². The molecule has 1 unspecified atom stereocenters. The highest BCUT2D eigenvalue weighted by Crippen LogP contribution is 2.28. The number of rotatable bonds is 3. The summed E-state index contributed by atoms with van der Waals surface area (Å²) < 4.78 is 1.32. The molecule has 1 saturated heterocycles. The van der Waals surface area contributed by atoms with E-state index in [1.54, 1.807) is 7.05 Å². The summed E-state index contributed by atoms with van der Waals surface area (Å²) in [6, 6.07) is -0.651. The molecule has 0 bridgehead atoms. The van der Waals surface area contributed by atoms with Crippen molar-refractivity contribution in [3.05, 3.63) is 16.3 Å². The number of ketones is 1. The Morgan fingerprint density at radius 1 is 1.64 bits per heavy atom. The second-order valence-corrected chi connectivity index (χ2v) is 5.03. The summed E-state index contributed by atoms with van der Waals surface area (Å²) >= 11 is 0. The van der Waals surface area contributed by atoms with E-state index in [0.717, 1.165) is 6.20 Å². The van der Waals surface area contributed by atoms with Crippen LogP contribution < -0.4 is 10.7 Å². The van der Waals surface area contributed by atoms with Gasteiger partial charge in [0, 0.05) is 20.0 Å². The molecule has 22 heavy (non-hydrogen) atoms. The number of carbonyl (C=O) groups excluding carboxylic acids is 1. The largest absolute Gasteiger partial charge is 0.464 e. The minimum Gasteiger partial charge on any atom is -0.464 e. The fourth-order valence-electron chi connectivity index (χ4n) is 2.52. The standard InChI is InChI=1S/C11H16N6O5/c1-14-10(9(5-13-14)17(21)22)15-3-2-7(4-8(18)6-15)16(12)11(19)20/h5,7H,2-4,6,12H2,1H3,(H,19,20). The lowest BCUT2D eigenvalue weighted by atomic mass is 10.1. The Kier molecular flexibility index (Phi) is 4.26. The molecule has 0 radical (unpaired) electrons. The summed E-state index contributed by atoms with van der Waals surface area (Å²) in [6.07, 6.45) is 0.0639. The van der Waals surface area contributed by atoms with Crippen LogP contribution in [-0.4, -0.2) is 55.8 Å². The molecule has 1 aromatic heterocycles. The van der Waals surface area contributed by atoms with Crippen molar-refractivity contribution >= 4 is 23.4 Å². The van der Waals surface area contributed by atoms with Gasteiger partial charge in [-0.2, -0.15) is 5.10 Å². The molecule has 2 heterocycles. The molecule has 3 N–H and O–H groups in total. The van der Waals surface area contributed by atoms with E-state index >= 15 is 0 Å². The molecule has 1 aliphatic rings. The highest BCUT2D eigenvalue weighted by Gasteiger charge is 2.32. The highest BCUT2D eigenvalue weighted by molar-refractivity contribution is 5.85. The number of hydrogen-bond donors (Lipinski definition) is 2. The lowest BCUT2D eigenvalue weighted by Crippen LogP contribution is -2.45. The maximum Gasteiger partial charge on any atom is 0.421 e. The molecule has 11 heteroatoms. The number of aromatic nitrogens is 2. The Balaban J connectivity index is 2.25. The zero-order valence-electron chi connectivity index (χ0n) is 11.9. The van der Waals surface area contributed by atoms with Crippen LogP contribution in [0.25, 0.3) is 0 Å². The third kappa shape index (κ3) is 2.98. The Labute approximate surface area is 125 Å². The van der Waals surface area contributed by atoms with Crippen LogP contribution in [0.1, 0.15) is 12.8 Å². The van der Waals surface area contributed by atoms with Crippen molar-refractivity contribution in [2.45, 2.75) is 18.9 Å². The molecule has 11 nitrogen and oxygen atoms in total. The van der Waals surface area contributed by atoms with Gasteiger partial charge in [0.2, 0.25) is 5.82 Å². The summed E-state index contributed by atoms with van der Waals surface area (Å²) in [5.41, 5.74) is -0.198. The van der Waals surface area contributed by atoms with Crippen LogP contribution in [0.2, 0.25) is 0 Å². The fourth-order valence-corrected chi connectivity index (χ4v) is 2.52. The lowest BCUT2D eigenvalue weighted by Gasteiger charge is -2.23. The predicted octanol–water partition coefficient (Wildman–Crippen LogP) is -0.280. The van der Waals surface area contributed by atoms with E-state index in [4.69, 9.17) is 10.9 Å². The quantitative estimate of drug-likeness (QED) is 0.335. The van der Waals surface area contributed by atoms with Gasteiger partial charge in [0.15, 0.2) is 5.78 Å². The van der Waals surface area contributed by atoms with Gasteiger partial charge in [-0.15, -0.1) is 0 Å². The van der Waals surface area contributed by atoms with E-state index < -0.39 is 17.1 Å². The maximum atomic E-state index is 12.0. The summed E-state index contributed by atoms with van der Waals surface area (Å²) in [5.74, 6) is 5.41. The number of carbonyl (C=O) groups is 2. The number of anilines is 1. The lowest BCUT2D eigenvalue weighted by molar-refractivity contribution is -0.384. The second kappa shape index (κ2) is 5.97. The molecule has 1 fully saturated rings. The summed E-state index contributed by atoms with van der Waals surface area (Å²) in [4.78, 5) is 34.9. The second-order valence-electron chi connectivity index (χ2n) is 5.03. The smallest absolute Gasteiger partial charge is 0.421 e. The van der Waals surface area contributed by atoms with Gasteiger partial charge in [0.1, 0.15) is 6.20 Å². The number of carboxylic acid groups (broad SMARTS) is 1. The number of nitrogens with zero attached hydrogens (tertiary/aromatic N) is 5. The molecule has 1 amide bonds. The Morgan fingerprint density at radius 3 is 2.91 bits per heavy atom. The molecule has 1 atom stereocenters. The molecular formula is C11H16N6O5. The van der Waals surface area contributed by atoms with Crippen molar-refractivity contribution < 1.29 is 19.6 Å². The monoisotopic (exact) mass is 312 g/mol. The van der Waals surface area contributed by atoms with Gasteiger partial charge in [-0.05, 0) is 6.42 Å². The number of nitro groups is 1. The Bertz CT molecular complexity index is 614. The van der Waals surface area contributed by atoms with E-state index in [1.165, 1.54) is 9.58 Å². The first-order chi connectivity index (χ1) is 10.3. The van der Waals surface area contributed by atoms with Crippen LogP contribution in [0.3, 0.4) is 0 Å². The number of hydrogen-bond acceptors (Lipinski definition) is 7. The first-order valence-electron chi connectivity index (χ1n) is 6.51. The van der Waals surface area contributed by atoms with Crippen molar-refractivity contribution in [1.82, 2.24) is 14.8 Å². The Morgan fingerprint density at radius 2 is 2.32 bits per heavy atom. The first-order valence-corrected chi connectivity index (χ1v) is 6.51. The third-order valence-corrected chi connectivity index (χ3v) is 3.56. The zero-order valence-corrected chi connectivity index (χ0v) is 11.9. The normalized spacial score (nSPS) is 18.9. The van der Waals surface area contributed by atoms with Crippen molar-refractivity contribution in [3.8, 4) is 0 Å². The van der Waals surface area contributed by atoms with E-state index in [2.05, 4.69) is 5.10 Å². The number of hydrazine groups is 1. The summed E-state index contributed by atoms with van der Waals surface area (Å²) in [5, 5.41) is 24.4. The fraction of sp³-hybridized carbons (Fsp3) is 0.545. The molecule has 1 aromatic rings. The van der Waals surface area contributed by atoms with Gasteiger partial charge in [-0.3, -0.25) is 14.9 Å². The summed E-state index contributed by atoms with van der Waals surface area (Å²) in [6.45, 7) is 0.210. The number of Topliss-reactive ketones (excluding diaryl/α,β-unsaturated/α-hetero) is 1. The predicted molar refractivity (Wildman–Crippen MR) is 74.2 cm³/mol. The molecule has 1 aliphatic heterocycles. The van der Waals surface area contributed by atoms with Crippen LogP contribution in [-0.2, 0) is 11.8 Å². The van der Waals surface area contributed by atoms with E-state index in [9.17, 15) is 19.7 Å².